The van der Waals surface area contributed by atoms with Crippen molar-refractivity contribution in [2.24, 2.45) is 12.8 Å². The smallest absolute Gasteiger partial charge is 0.134 e. The van der Waals surface area contributed by atoms with Crippen LogP contribution in [0.15, 0.2) is 24.5 Å². The zero-order valence-corrected chi connectivity index (χ0v) is 8.99. The fraction of sp³-hybridized carbons (Fsp3) is 0.182. The quantitative estimate of drug-likeness (QED) is 0.872. The van der Waals surface area contributed by atoms with Crippen LogP contribution in [-0.4, -0.2) is 9.78 Å². The molecule has 1 aromatic heterocycles. The molecule has 0 radical (unpaired) electrons. The lowest BCUT2D eigenvalue weighted by molar-refractivity contribution is 0.515. The van der Waals surface area contributed by atoms with Gasteiger partial charge in [-0.3, -0.25) is 4.68 Å². The molecule has 17 heavy (non-hydrogen) atoms. The summed E-state index contributed by atoms with van der Waals surface area (Å²) in [6.45, 7) is 0. The van der Waals surface area contributed by atoms with Gasteiger partial charge < -0.3 is 5.73 Å². The first-order valence-electron chi connectivity index (χ1n) is 4.87. The number of hydrogen-bond donors (Lipinski definition) is 1. The van der Waals surface area contributed by atoms with Crippen molar-refractivity contribution in [2.75, 3.05) is 0 Å². The first-order chi connectivity index (χ1) is 7.99. The molecule has 3 nitrogen and oxygen atoms in total. The Morgan fingerprint density at radius 1 is 1.24 bits per heavy atom. The summed E-state index contributed by atoms with van der Waals surface area (Å²) >= 11 is 0. The molecule has 1 heterocycles. The Hall–Kier alpha value is -1.82. The lowest BCUT2D eigenvalue weighted by Gasteiger charge is -2.12. The van der Waals surface area contributed by atoms with Crippen molar-refractivity contribution in [3.05, 3.63) is 53.1 Å². The maximum atomic E-state index is 13.5. The molecular formula is C11H10F3N3. The summed E-state index contributed by atoms with van der Waals surface area (Å²) in [5.74, 6) is -2.97. The zero-order valence-electron chi connectivity index (χ0n) is 8.99. The summed E-state index contributed by atoms with van der Waals surface area (Å²) < 4.78 is 41.1. The zero-order chi connectivity index (χ0) is 12.6. The van der Waals surface area contributed by atoms with Crippen LogP contribution >= 0.6 is 0 Å². The molecule has 0 saturated heterocycles. The van der Waals surface area contributed by atoms with E-state index in [-0.39, 0.29) is 5.56 Å². The third-order valence-electron chi connectivity index (χ3n) is 2.44. The maximum absolute atomic E-state index is 13.5. The summed E-state index contributed by atoms with van der Waals surface area (Å²) in [6, 6.07) is 0.202. The minimum atomic E-state index is -1.01. The first kappa shape index (κ1) is 11.7. The highest BCUT2D eigenvalue weighted by atomic mass is 19.1. The van der Waals surface area contributed by atoms with Crippen LogP contribution in [0.3, 0.4) is 0 Å². The number of nitrogens with zero attached hydrogens (tertiary/aromatic N) is 2. The van der Waals surface area contributed by atoms with Crippen LogP contribution in [0.25, 0.3) is 0 Å². The van der Waals surface area contributed by atoms with Gasteiger partial charge in [-0.15, -0.1) is 0 Å². The van der Waals surface area contributed by atoms with Crippen molar-refractivity contribution in [2.45, 2.75) is 6.04 Å². The normalized spacial score (nSPS) is 12.8. The van der Waals surface area contributed by atoms with Gasteiger partial charge in [0, 0.05) is 36.5 Å². The SMILES string of the molecule is Cn1cc(C(N)c2c(F)cc(F)cc2F)cn1. The van der Waals surface area contributed by atoms with Gasteiger partial charge in [-0.2, -0.15) is 5.10 Å². The van der Waals surface area contributed by atoms with E-state index >= 15 is 0 Å². The number of benzene rings is 1. The number of hydrogen-bond acceptors (Lipinski definition) is 2. The van der Waals surface area contributed by atoms with Gasteiger partial charge in [0.1, 0.15) is 17.5 Å². The molecule has 2 aromatic rings. The molecule has 1 atom stereocenters. The van der Waals surface area contributed by atoms with Gasteiger partial charge in [0.25, 0.3) is 0 Å². The van der Waals surface area contributed by atoms with E-state index in [1.54, 1.807) is 13.2 Å². The lowest BCUT2D eigenvalue weighted by Crippen LogP contribution is -2.15. The largest absolute Gasteiger partial charge is 0.320 e. The molecule has 1 aromatic carbocycles. The Bertz CT molecular complexity index is 528. The Labute approximate surface area is 95.7 Å². The van der Waals surface area contributed by atoms with E-state index < -0.39 is 23.5 Å². The number of aryl methyl sites for hydroxylation is 1. The summed E-state index contributed by atoms with van der Waals surface area (Å²) in [5.41, 5.74) is 5.82. The van der Waals surface area contributed by atoms with Gasteiger partial charge in [-0.1, -0.05) is 0 Å². The molecule has 0 fully saturated rings. The van der Waals surface area contributed by atoms with Crippen LogP contribution in [0.1, 0.15) is 17.2 Å². The summed E-state index contributed by atoms with van der Waals surface area (Å²) in [5, 5.41) is 3.86. The monoisotopic (exact) mass is 241 g/mol. The van der Waals surface area contributed by atoms with Crippen molar-refractivity contribution in [1.82, 2.24) is 9.78 Å². The van der Waals surface area contributed by atoms with Crippen LogP contribution in [0.2, 0.25) is 0 Å². The Morgan fingerprint density at radius 3 is 2.29 bits per heavy atom. The van der Waals surface area contributed by atoms with Crippen molar-refractivity contribution in [3.8, 4) is 0 Å². The third-order valence-corrected chi connectivity index (χ3v) is 2.44. The molecule has 0 amide bonds. The van der Waals surface area contributed by atoms with Crippen molar-refractivity contribution in [1.29, 1.82) is 0 Å². The summed E-state index contributed by atoms with van der Waals surface area (Å²) in [7, 11) is 1.66. The fourth-order valence-corrected chi connectivity index (χ4v) is 1.62. The molecular weight excluding hydrogens is 231 g/mol. The van der Waals surface area contributed by atoms with E-state index in [2.05, 4.69) is 5.10 Å². The minimum absolute atomic E-state index is 0.362. The van der Waals surface area contributed by atoms with E-state index in [9.17, 15) is 13.2 Å². The van der Waals surface area contributed by atoms with Gasteiger partial charge in [0.2, 0.25) is 0 Å². The summed E-state index contributed by atoms with van der Waals surface area (Å²) in [6.07, 6.45) is 2.96. The summed E-state index contributed by atoms with van der Waals surface area (Å²) in [4.78, 5) is 0. The average molecular weight is 241 g/mol. The van der Waals surface area contributed by atoms with Gasteiger partial charge in [0.15, 0.2) is 0 Å². The van der Waals surface area contributed by atoms with E-state index in [4.69, 9.17) is 5.73 Å². The second-order valence-electron chi connectivity index (χ2n) is 3.71. The van der Waals surface area contributed by atoms with Crippen LogP contribution in [0.5, 0.6) is 0 Å². The Balaban J connectivity index is 2.47. The standard InChI is InChI=1S/C11H10F3N3/c1-17-5-6(4-16-17)11(15)10-8(13)2-7(12)3-9(10)14/h2-5,11H,15H2,1H3. The highest BCUT2D eigenvalue weighted by molar-refractivity contribution is 5.31. The van der Waals surface area contributed by atoms with Gasteiger partial charge in [-0.05, 0) is 0 Å². The van der Waals surface area contributed by atoms with Crippen LogP contribution in [0.4, 0.5) is 13.2 Å². The minimum Gasteiger partial charge on any atom is -0.320 e. The Kier molecular flexibility index (Phi) is 2.89. The predicted octanol–water partition coefficient (Wildman–Crippen LogP) is 1.89. The second-order valence-corrected chi connectivity index (χ2v) is 3.71. The molecule has 1 unspecified atom stereocenters. The molecule has 90 valence electrons. The van der Waals surface area contributed by atoms with E-state index in [1.165, 1.54) is 10.9 Å². The molecule has 0 aliphatic carbocycles. The topological polar surface area (TPSA) is 43.8 Å². The molecule has 0 saturated carbocycles. The number of halogens is 3. The first-order valence-corrected chi connectivity index (χ1v) is 4.87. The molecule has 6 heteroatoms. The third kappa shape index (κ3) is 2.16. The number of nitrogens with two attached hydrogens (primary N) is 1. The number of aromatic nitrogens is 2. The van der Waals surface area contributed by atoms with Crippen LogP contribution < -0.4 is 5.73 Å². The Morgan fingerprint density at radius 2 is 1.82 bits per heavy atom. The maximum Gasteiger partial charge on any atom is 0.134 e. The van der Waals surface area contributed by atoms with Crippen molar-refractivity contribution in [3.63, 3.8) is 0 Å². The molecule has 0 spiro atoms. The van der Waals surface area contributed by atoms with Crippen LogP contribution in [-0.2, 0) is 7.05 Å². The predicted molar refractivity (Wildman–Crippen MR) is 55.6 cm³/mol. The van der Waals surface area contributed by atoms with E-state index in [1.807, 2.05) is 0 Å². The van der Waals surface area contributed by atoms with Gasteiger partial charge in [0.05, 0.1) is 12.2 Å². The average Bonchev–Trinajstić information content (AvgIpc) is 2.63. The van der Waals surface area contributed by atoms with Crippen LogP contribution in [0, 0.1) is 17.5 Å². The van der Waals surface area contributed by atoms with E-state index in [0.717, 1.165) is 0 Å². The number of rotatable bonds is 2. The highest BCUT2D eigenvalue weighted by Gasteiger charge is 2.20. The molecule has 0 aliphatic rings. The van der Waals surface area contributed by atoms with E-state index in [0.29, 0.717) is 17.7 Å². The molecule has 2 rings (SSSR count). The molecule has 0 bridgehead atoms. The highest BCUT2D eigenvalue weighted by Crippen LogP contribution is 2.25. The molecule has 2 N–H and O–H groups in total. The second kappa shape index (κ2) is 4.21. The molecule has 0 aliphatic heterocycles. The van der Waals surface area contributed by atoms with Gasteiger partial charge >= 0.3 is 0 Å². The lowest BCUT2D eigenvalue weighted by atomic mass is 10.0. The van der Waals surface area contributed by atoms with Gasteiger partial charge in [-0.25, -0.2) is 13.2 Å². The fourth-order valence-electron chi connectivity index (χ4n) is 1.62. The van der Waals surface area contributed by atoms with Crippen molar-refractivity contribution >= 4 is 0 Å². The van der Waals surface area contributed by atoms with Crippen molar-refractivity contribution < 1.29 is 13.2 Å².